The van der Waals surface area contributed by atoms with Gasteiger partial charge in [0.25, 0.3) is 17.7 Å². The second-order valence-corrected chi connectivity index (χ2v) is 14.4. The van der Waals surface area contributed by atoms with E-state index in [0.717, 1.165) is 52.9 Å². The number of likely N-dealkylation sites (N-methyl/N-ethyl adjacent to an activating group) is 1. The summed E-state index contributed by atoms with van der Waals surface area (Å²) in [6.07, 6.45) is 6.81. The normalized spacial score (nSPS) is 13.0. The van der Waals surface area contributed by atoms with Crippen molar-refractivity contribution in [3.8, 4) is 10.6 Å². The molecule has 2 aromatic carbocycles. The monoisotopic (exact) mass is 847 g/mol. The van der Waals surface area contributed by atoms with Crippen LogP contribution < -0.4 is 36.8 Å². The lowest BCUT2D eigenvalue weighted by Gasteiger charge is -2.30. The van der Waals surface area contributed by atoms with Gasteiger partial charge in [-0.15, -0.1) is 34.4 Å². The van der Waals surface area contributed by atoms with Gasteiger partial charge in [-0.05, 0) is 43.8 Å². The van der Waals surface area contributed by atoms with Gasteiger partial charge < -0.3 is 31.9 Å². The Labute approximate surface area is 357 Å². The number of nitrogens with one attached hydrogen (secondary N) is 4. The molecule has 0 bridgehead atoms. The number of piperazine rings is 1. The molecule has 6 N–H and O–H groups in total. The highest BCUT2D eigenvalue weighted by Gasteiger charge is 2.31. The van der Waals surface area contributed by atoms with Gasteiger partial charge in [0.1, 0.15) is 16.4 Å². The number of anilines is 3. The van der Waals surface area contributed by atoms with Crippen molar-refractivity contribution in [1.82, 2.24) is 30.9 Å². The summed E-state index contributed by atoms with van der Waals surface area (Å²) in [6, 6.07) is 17.7. The zero-order valence-corrected chi connectivity index (χ0v) is 35.7. The van der Waals surface area contributed by atoms with E-state index in [0.29, 0.717) is 40.0 Å². The van der Waals surface area contributed by atoms with Crippen molar-refractivity contribution in [3.05, 3.63) is 124 Å². The number of hydrogen-bond donors (Lipinski definition) is 5. The molecule has 3 amide bonds. The molecule has 0 atom stereocenters. The van der Waals surface area contributed by atoms with Gasteiger partial charge in [-0.25, -0.2) is 9.97 Å². The van der Waals surface area contributed by atoms with Gasteiger partial charge in [0.05, 0.1) is 41.7 Å². The molecule has 0 unspecified atom stereocenters. The van der Waals surface area contributed by atoms with Crippen LogP contribution in [0.4, 0.5) is 16.5 Å². The number of nitrogens with zero attached hydrogens (tertiary/aromatic N) is 6. The molecule has 7 rings (SSSR count). The van der Waals surface area contributed by atoms with Gasteiger partial charge in [-0.1, -0.05) is 56.8 Å². The first-order valence-electron chi connectivity index (χ1n) is 18.4. The number of thioether (sulfide) groups is 1. The van der Waals surface area contributed by atoms with E-state index in [1.807, 2.05) is 74.7 Å². The number of thiazole rings is 2. The Hall–Kier alpha value is -5.72. The Morgan fingerprint density at radius 3 is 2.41 bits per heavy atom. The number of aromatic nitrogens is 3. The number of amides is 3. The van der Waals surface area contributed by atoms with Gasteiger partial charge >= 0.3 is 0 Å². The third kappa shape index (κ3) is 11.4. The van der Waals surface area contributed by atoms with Crippen molar-refractivity contribution in [1.29, 1.82) is 0 Å². The van der Waals surface area contributed by atoms with Crippen molar-refractivity contribution in [2.75, 3.05) is 61.6 Å². The van der Waals surface area contributed by atoms with E-state index in [9.17, 15) is 14.4 Å². The number of rotatable bonds is 11. The highest BCUT2D eigenvalue weighted by Crippen LogP contribution is 2.33. The summed E-state index contributed by atoms with van der Waals surface area (Å²) in [6.45, 7) is 15.3. The van der Waals surface area contributed by atoms with Gasteiger partial charge in [-0.3, -0.25) is 29.3 Å². The van der Waals surface area contributed by atoms with E-state index < -0.39 is 5.91 Å². The van der Waals surface area contributed by atoms with Gasteiger partial charge in [0, 0.05) is 71.9 Å². The van der Waals surface area contributed by atoms with Crippen LogP contribution in [0.2, 0.25) is 0 Å². The molecule has 0 radical (unpaired) electrons. The average molecular weight is 848 g/mol. The number of carbonyl (C=O) groups excluding carboxylic acids is 3. The smallest absolute Gasteiger partial charge is 0.275 e. The molecule has 1 fully saturated rings. The maximum absolute atomic E-state index is 12.8. The molecule has 14 nitrogen and oxygen atoms in total. The molecule has 5 aromatic rings. The van der Waals surface area contributed by atoms with Gasteiger partial charge in [0.2, 0.25) is 0 Å². The minimum absolute atomic E-state index is 0. The van der Waals surface area contributed by atoms with E-state index >= 15 is 0 Å². The van der Waals surface area contributed by atoms with E-state index in [1.54, 1.807) is 46.9 Å². The van der Waals surface area contributed by atoms with E-state index in [-0.39, 0.29) is 23.2 Å². The minimum Gasteiger partial charge on any atom is -0.387 e. The van der Waals surface area contributed by atoms with Crippen LogP contribution in [0.3, 0.4) is 0 Å². The van der Waals surface area contributed by atoms with Crippen molar-refractivity contribution >= 4 is 75.4 Å². The van der Waals surface area contributed by atoms with Crippen LogP contribution in [0, 0.1) is 0 Å². The van der Waals surface area contributed by atoms with Crippen LogP contribution in [0.25, 0.3) is 10.6 Å². The quantitative estimate of drug-likeness (QED) is 0.0505. The molecule has 0 aliphatic carbocycles. The molecule has 58 heavy (non-hydrogen) atoms. The first kappa shape index (κ1) is 45.0. The van der Waals surface area contributed by atoms with Gasteiger partial charge in [-0.2, -0.15) is 0 Å². The number of benzene rings is 2. The van der Waals surface area contributed by atoms with Crippen LogP contribution >= 0.6 is 34.4 Å². The lowest BCUT2D eigenvalue weighted by Crippen LogP contribution is -2.43. The first-order chi connectivity index (χ1) is 28.3. The zero-order chi connectivity index (χ0) is 42.0. The van der Waals surface area contributed by atoms with Crippen LogP contribution in [0.1, 0.15) is 56.5 Å². The Bertz CT molecular complexity index is 2220. The Morgan fingerprint density at radius 2 is 1.72 bits per heavy atom. The second kappa shape index (κ2) is 22.9. The number of aliphatic imine (C=N–C) groups is 1. The summed E-state index contributed by atoms with van der Waals surface area (Å²) >= 11 is 4.31. The maximum Gasteiger partial charge on any atom is 0.275 e. The Kier molecular flexibility index (Phi) is 17.7. The first-order valence-corrected chi connectivity index (χ1v) is 21.4. The molecule has 2 aliphatic rings. The van der Waals surface area contributed by atoms with Crippen molar-refractivity contribution < 1.29 is 20.1 Å². The van der Waals surface area contributed by atoms with Crippen LogP contribution in [0.15, 0.2) is 112 Å². The Balaban J connectivity index is 0.00000105. The maximum atomic E-state index is 12.8. The predicted octanol–water partition coefficient (Wildman–Crippen LogP) is 7.48. The lowest BCUT2D eigenvalue weighted by molar-refractivity contribution is 0.0958. The molecule has 0 saturated carbocycles. The fourth-order valence-corrected chi connectivity index (χ4v) is 7.64. The second-order valence-electron chi connectivity index (χ2n) is 11.8. The standard InChI is InChI=1S/C19H19N5O2S2.C19H19N5OS.C2H6.CH5N.4H2/c1-11(21-3)15(8-20-2)22-17(25)16-10-28-19(23-16)24-9-12-5-6-13(27-4)7-14(12)18(24)26;25-18(16-13-26-19(23-16)14-4-2-1-3-5-14)22-15-12-21-7-6-17(15)24-10-8-20-9-11-24;2*1-2;;;;/h5-8,10,21H,1-2,9H2,3-4H3,(H,22,25);1-7,12-13,20H,8-11H2,(H,22,25);1-2H3;2H2,1H3;4*1H/b15-8+;;;;;;;. The van der Waals surface area contributed by atoms with Crippen molar-refractivity contribution in [3.63, 3.8) is 0 Å². The predicted molar refractivity (Wildman–Crippen MR) is 249 cm³/mol. The van der Waals surface area contributed by atoms with E-state index in [4.69, 9.17) is 0 Å². The highest BCUT2D eigenvalue weighted by atomic mass is 32.2. The van der Waals surface area contributed by atoms with Gasteiger partial charge in [0.15, 0.2) is 5.13 Å². The van der Waals surface area contributed by atoms with Crippen LogP contribution in [-0.4, -0.2) is 85.9 Å². The number of hydrogen-bond acceptors (Lipinski definition) is 14. The van der Waals surface area contributed by atoms with Crippen LogP contribution in [-0.2, 0) is 6.54 Å². The molecule has 1 saturated heterocycles. The summed E-state index contributed by atoms with van der Waals surface area (Å²) in [5.41, 5.74) is 10.4. The van der Waals surface area contributed by atoms with Crippen molar-refractivity contribution in [2.45, 2.75) is 25.3 Å². The largest absolute Gasteiger partial charge is 0.387 e. The molecule has 0 spiro atoms. The summed E-state index contributed by atoms with van der Waals surface area (Å²) in [5, 5.41) is 16.6. The molecule has 3 aromatic heterocycles. The number of carbonyl (C=O) groups is 3. The topological polar surface area (TPSA) is 183 Å². The minimum atomic E-state index is -0.414. The summed E-state index contributed by atoms with van der Waals surface area (Å²) in [7, 11) is 3.19. The molecular formula is C41H57N11O3S3. The van der Waals surface area contributed by atoms with Crippen molar-refractivity contribution in [2.24, 2.45) is 10.7 Å². The SMILES string of the molecule is C=N/C=C(/NC(=O)c1csc(N2Cc3ccc(SC)cc3C2=O)n1)C(=C)NC.CC.CN.O=C(Nc1cnccc1N1CCNCC1)c1csc(-c2ccccc2)n1.[HH].[HH].[HH].[HH]. The lowest BCUT2D eigenvalue weighted by atomic mass is 10.1. The third-order valence-corrected chi connectivity index (χ3v) is 10.9. The fraction of sp³-hybridized carbons (Fsp3) is 0.244. The number of fused-ring (bicyclic) bond motifs is 1. The van der Waals surface area contributed by atoms with Crippen LogP contribution in [0.5, 0.6) is 0 Å². The number of pyridine rings is 1. The summed E-state index contributed by atoms with van der Waals surface area (Å²) in [4.78, 5) is 59.5. The van der Waals surface area contributed by atoms with E-state index in [2.05, 4.69) is 65.1 Å². The molecule has 312 valence electrons. The molecular weight excluding hydrogens is 791 g/mol. The molecule has 17 heteroatoms. The molecule has 2 aliphatic heterocycles. The molecule has 5 heterocycles. The highest BCUT2D eigenvalue weighted by molar-refractivity contribution is 7.98. The summed E-state index contributed by atoms with van der Waals surface area (Å²) in [5.74, 6) is -0.734. The van der Waals surface area contributed by atoms with E-state index in [1.165, 1.54) is 35.9 Å². The average Bonchev–Trinajstić information content (AvgIpc) is 4.06. The fourth-order valence-electron chi connectivity index (χ4n) is 5.59. The third-order valence-electron chi connectivity index (χ3n) is 8.43. The summed E-state index contributed by atoms with van der Waals surface area (Å²) < 4.78 is 0. The zero-order valence-electron chi connectivity index (χ0n) is 33.2. The number of nitrogens with two attached hydrogens (primary N) is 1. The Morgan fingerprint density at radius 1 is 1.02 bits per heavy atom.